The second-order valence-corrected chi connectivity index (χ2v) is 7.12. The number of benzene rings is 2. The molecule has 0 saturated carbocycles. The van der Waals surface area contributed by atoms with Gasteiger partial charge in [0.05, 0.1) is 25.1 Å². The lowest BCUT2D eigenvalue weighted by Gasteiger charge is -2.10. The molecule has 0 atom stereocenters. The van der Waals surface area contributed by atoms with E-state index in [4.69, 9.17) is 9.73 Å². The van der Waals surface area contributed by atoms with Gasteiger partial charge in [0.1, 0.15) is 5.75 Å². The number of nitrogens with zero attached hydrogens (tertiary/aromatic N) is 2. The third-order valence-corrected chi connectivity index (χ3v) is 5.47. The first-order valence-electron chi connectivity index (χ1n) is 8.75. The van der Waals surface area contributed by atoms with Crippen LogP contribution in [0.4, 0.5) is 5.69 Å². The minimum Gasteiger partial charge on any atom is -0.497 e. The number of methoxy groups -OCH3 is 1. The van der Waals surface area contributed by atoms with Crippen LogP contribution in [0.25, 0.3) is 11.3 Å². The second kappa shape index (κ2) is 8.34. The fourth-order valence-corrected chi connectivity index (χ4v) is 4.02. The Bertz CT molecular complexity index is 922. The second-order valence-electron chi connectivity index (χ2n) is 6.06. The molecule has 1 heterocycles. The molecular formula is C21H24N2O2S. The summed E-state index contributed by atoms with van der Waals surface area (Å²) in [5, 5.41) is 9.60. The van der Waals surface area contributed by atoms with Crippen molar-refractivity contribution < 1.29 is 9.84 Å². The summed E-state index contributed by atoms with van der Waals surface area (Å²) in [6, 6.07) is 16.2. The van der Waals surface area contributed by atoms with Gasteiger partial charge in [0.25, 0.3) is 0 Å². The standard InChI is InChI=1S/C21H24N2O2S/c1-4-19-20(16-7-5-15(2)6-8-16)23(13-14-24)21(26-19)22-17-9-11-18(25-3)12-10-17/h5-12,24H,4,13-14H2,1-3H3. The van der Waals surface area contributed by atoms with Gasteiger partial charge >= 0.3 is 0 Å². The molecule has 136 valence electrons. The highest BCUT2D eigenvalue weighted by Gasteiger charge is 2.14. The molecule has 0 aliphatic carbocycles. The van der Waals surface area contributed by atoms with Crippen LogP contribution >= 0.6 is 11.3 Å². The van der Waals surface area contributed by atoms with Crippen LogP contribution in [0.1, 0.15) is 17.4 Å². The predicted octanol–water partition coefficient (Wildman–Crippen LogP) is 4.32. The quantitative estimate of drug-likeness (QED) is 0.704. The van der Waals surface area contributed by atoms with Gasteiger partial charge in [-0.05, 0) is 43.2 Å². The number of ether oxygens (including phenoxy) is 1. The van der Waals surface area contributed by atoms with Crippen molar-refractivity contribution >= 4 is 17.0 Å². The lowest BCUT2D eigenvalue weighted by molar-refractivity contribution is 0.275. The normalized spacial score (nSPS) is 11.8. The Morgan fingerprint density at radius 3 is 2.35 bits per heavy atom. The van der Waals surface area contributed by atoms with Crippen molar-refractivity contribution in [3.8, 4) is 17.0 Å². The highest BCUT2D eigenvalue weighted by molar-refractivity contribution is 7.09. The highest BCUT2D eigenvalue weighted by atomic mass is 32.1. The van der Waals surface area contributed by atoms with E-state index in [9.17, 15) is 5.11 Å². The maximum absolute atomic E-state index is 9.60. The fourth-order valence-electron chi connectivity index (χ4n) is 2.89. The zero-order valence-electron chi connectivity index (χ0n) is 15.4. The van der Waals surface area contributed by atoms with E-state index in [1.54, 1.807) is 18.4 Å². The van der Waals surface area contributed by atoms with Gasteiger partial charge in [-0.15, -0.1) is 11.3 Å². The van der Waals surface area contributed by atoms with E-state index < -0.39 is 0 Å². The first-order valence-corrected chi connectivity index (χ1v) is 9.57. The molecule has 0 unspecified atom stereocenters. The molecule has 0 bridgehead atoms. The number of aliphatic hydroxyl groups is 1. The topological polar surface area (TPSA) is 46.8 Å². The molecule has 4 nitrogen and oxygen atoms in total. The van der Waals surface area contributed by atoms with Crippen LogP contribution in [0.3, 0.4) is 0 Å². The summed E-state index contributed by atoms with van der Waals surface area (Å²) in [5.74, 6) is 0.813. The van der Waals surface area contributed by atoms with E-state index in [0.717, 1.165) is 33.9 Å². The summed E-state index contributed by atoms with van der Waals surface area (Å²) in [6.07, 6.45) is 0.928. The van der Waals surface area contributed by atoms with Crippen LogP contribution in [-0.4, -0.2) is 23.4 Å². The number of hydrogen-bond donors (Lipinski definition) is 1. The third-order valence-electron chi connectivity index (χ3n) is 4.25. The minimum absolute atomic E-state index is 0.0779. The molecule has 0 amide bonds. The van der Waals surface area contributed by atoms with Gasteiger partial charge in [0.15, 0.2) is 4.80 Å². The molecule has 3 rings (SSSR count). The Kier molecular flexibility index (Phi) is 5.91. The summed E-state index contributed by atoms with van der Waals surface area (Å²) in [5.41, 5.74) is 4.42. The van der Waals surface area contributed by atoms with Crippen molar-refractivity contribution in [3.63, 3.8) is 0 Å². The molecule has 0 spiro atoms. The molecule has 0 aliphatic rings. The maximum Gasteiger partial charge on any atom is 0.190 e. The molecule has 0 aliphatic heterocycles. The monoisotopic (exact) mass is 368 g/mol. The van der Waals surface area contributed by atoms with Crippen LogP contribution in [0, 0.1) is 6.92 Å². The number of aromatic nitrogens is 1. The van der Waals surface area contributed by atoms with Crippen LogP contribution < -0.4 is 9.54 Å². The van der Waals surface area contributed by atoms with Gasteiger partial charge in [-0.2, -0.15) is 0 Å². The van der Waals surface area contributed by atoms with Gasteiger partial charge in [0.2, 0.25) is 0 Å². The van der Waals surface area contributed by atoms with E-state index in [1.807, 2.05) is 24.3 Å². The van der Waals surface area contributed by atoms with Crippen molar-refractivity contribution in [1.29, 1.82) is 0 Å². The van der Waals surface area contributed by atoms with Gasteiger partial charge in [0, 0.05) is 11.4 Å². The van der Waals surface area contributed by atoms with Gasteiger partial charge in [-0.1, -0.05) is 36.8 Å². The Balaban J connectivity index is 2.15. The van der Waals surface area contributed by atoms with E-state index in [0.29, 0.717) is 6.54 Å². The molecule has 26 heavy (non-hydrogen) atoms. The maximum atomic E-state index is 9.60. The van der Waals surface area contributed by atoms with E-state index in [2.05, 4.69) is 42.7 Å². The molecular weight excluding hydrogens is 344 g/mol. The summed E-state index contributed by atoms with van der Waals surface area (Å²) in [6.45, 7) is 4.84. The molecule has 1 N–H and O–H groups in total. The highest BCUT2D eigenvalue weighted by Crippen LogP contribution is 2.27. The lowest BCUT2D eigenvalue weighted by atomic mass is 10.1. The first-order chi connectivity index (χ1) is 12.7. The molecule has 2 aromatic carbocycles. The predicted molar refractivity (Wildman–Crippen MR) is 107 cm³/mol. The number of aryl methyl sites for hydroxylation is 2. The summed E-state index contributed by atoms with van der Waals surface area (Å²) in [7, 11) is 1.65. The SMILES string of the molecule is CCc1sc(=Nc2ccc(OC)cc2)n(CCO)c1-c1ccc(C)cc1. The smallest absolute Gasteiger partial charge is 0.190 e. The number of aliphatic hydroxyl groups excluding tert-OH is 1. The van der Waals surface area contributed by atoms with Gasteiger partial charge < -0.3 is 14.4 Å². The number of rotatable bonds is 6. The number of thiazole rings is 1. The molecule has 1 aromatic heterocycles. The first kappa shape index (κ1) is 18.4. The molecule has 0 saturated heterocycles. The summed E-state index contributed by atoms with van der Waals surface area (Å²) >= 11 is 1.68. The van der Waals surface area contributed by atoms with Crippen molar-refractivity contribution in [1.82, 2.24) is 4.57 Å². The van der Waals surface area contributed by atoms with Crippen molar-refractivity contribution in [2.75, 3.05) is 13.7 Å². The molecule has 3 aromatic rings. The van der Waals surface area contributed by atoms with Crippen LogP contribution in [0.5, 0.6) is 5.75 Å². The zero-order valence-corrected chi connectivity index (χ0v) is 16.2. The van der Waals surface area contributed by atoms with E-state index >= 15 is 0 Å². The summed E-state index contributed by atoms with van der Waals surface area (Å²) < 4.78 is 7.34. The Labute approximate surface area is 158 Å². The van der Waals surface area contributed by atoms with Crippen LogP contribution in [-0.2, 0) is 13.0 Å². The Morgan fingerprint density at radius 1 is 1.08 bits per heavy atom. The Morgan fingerprint density at radius 2 is 1.77 bits per heavy atom. The largest absolute Gasteiger partial charge is 0.497 e. The van der Waals surface area contributed by atoms with Crippen molar-refractivity contribution in [2.45, 2.75) is 26.8 Å². The van der Waals surface area contributed by atoms with Crippen molar-refractivity contribution in [3.05, 3.63) is 63.8 Å². The average molecular weight is 369 g/mol. The lowest BCUT2D eigenvalue weighted by Crippen LogP contribution is -2.18. The molecule has 0 radical (unpaired) electrons. The van der Waals surface area contributed by atoms with Gasteiger partial charge in [-0.3, -0.25) is 0 Å². The van der Waals surface area contributed by atoms with E-state index in [1.165, 1.54) is 10.4 Å². The zero-order chi connectivity index (χ0) is 18.5. The molecule has 5 heteroatoms. The van der Waals surface area contributed by atoms with Crippen molar-refractivity contribution in [2.24, 2.45) is 4.99 Å². The fraction of sp³-hybridized carbons (Fsp3) is 0.286. The van der Waals surface area contributed by atoms with Crippen LogP contribution in [0.15, 0.2) is 53.5 Å². The average Bonchev–Trinajstić information content (AvgIpc) is 3.01. The minimum atomic E-state index is 0.0779. The van der Waals surface area contributed by atoms with Gasteiger partial charge in [-0.25, -0.2) is 4.99 Å². The number of hydrogen-bond acceptors (Lipinski definition) is 4. The molecule has 0 fully saturated rings. The van der Waals surface area contributed by atoms with E-state index in [-0.39, 0.29) is 6.61 Å². The van der Waals surface area contributed by atoms with Crippen LogP contribution in [0.2, 0.25) is 0 Å². The Hall–Kier alpha value is -2.37. The third kappa shape index (κ3) is 3.89. The summed E-state index contributed by atoms with van der Waals surface area (Å²) in [4.78, 5) is 6.99.